The van der Waals surface area contributed by atoms with Gasteiger partial charge >= 0.3 is 6.09 Å². The highest BCUT2D eigenvalue weighted by atomic mass is 16.6. The maximum atomic E-state index is 12.1. The zero-order chi connectivity index (χ0) is 16.9. The van der Waals surface area contributed by atoms with Crippen molar-refractivity contribution in [3.8, 4) is 0 Å². The number of nitrogens with zero attached hydrogens (tertiary/aromatic N) is 2. The predicted octanol–water partition coefficient (Wildman–Crippen LogP) is 2.85. The molecular formula is C18H35N3O2. The fourth-order valence-corrected chi connectivity index (χ4v) is 3.75. The summed E-state index contributed by atoms with van der Waals surface area (Å²) < 4.78 is 5.45. The van der Waals surface area contributed by atoms with Gasteiger partial charge in [0.1, 0.15) is 5.60 Å². The number of carbonyl (C=O) groups excluding carboxylic acids is 1. The second-order valence-electron chi connectivity index (χ2n) is 7.86. The molecule has 2 heterocycles. The predicted molar refractivity (Wildman–Crippen MR) is 93.7 cm³/mol. The third kappa shape index (κ3) is 5.64. The average molecular weight is 325 g/mol. The summed E-state index contributed by atoms with van der Waals surface area (Å²) in [5.74, 6) is 0. The lowest BCUT2D eigenvalue weighted by Crippen LogP contribution is -2.45. The van der Waals surface area contributed by atoms with Crippen molar-refractivity contribution in [1.29, 1.82) is 0 Å². The molecular weight excluding hydrogens is 290 g/mol. The van der Waals surface area contributed by atoms with Crippen molar-refractivity contribution in [3.63, 3.8) is 0 Å². The third-order valence-electron chi connectivity index (χ3n) is 4.90. The molecule has 2 saturated heterocycles. The molecule has 0 saturated carbocycles. The van der Waals surface area contributed by atoms with E-state index in [4.69, 9.17) is 4.74 Å². The van der Waals surface area contributed by atoms with E-state index in [2.05, 4.69) is 10.2 Å². The lowest BCUT2D eigenvalue weighted by molar-refractivity contribution is 0.0258. The summed E-state index contributed by atoms with van der Waals surface area (Å²) in [6.07, 6.45) is 6.15. The van der Waals surface area contributed by atoms with Crippen molar-refractivity contribution in [3.05, 3.63) is 0 Å². The van der Waals surface area contributed by atoms with Gasteiger partial charge in [0.05, 0.1) is 0 Å². The summed E-state index contributed by atoms with van der Waals surface area (Å²) in [5, 5.41) is 3.73. The largest absolute Gasteiger partial charge is 0.444 e. The quantitative estimate of drug-likeness (QED) is 0.763. The van der Waals surface area contributed by atoms with Crippen molar-refractivity contribution < 1.29 is 9.53 Å². The first-order valence-corrected chi connectivity index (χ1v) is 9.36. The Kier molecular flexibility index (Phi) is 6.72. The van der Waals surface area contributed by atoms with E-state index in [9.17, 15) is 4.79 Å². The van der Waals surface area contributed by atoms with E-state index in [0.29, 0.717) is 12.6 Å². The molecule has 2 atom stereocenters. The minimum atomic E-state index is -0.420. The fraction of sp³-hybridized carbons (Fsp3) is 0.944. The van der Waals surface area contributed by atoms with Crippen LogP contribution in [0.3, 0.4) is 0 Å². The van der Waals surface area contributed by atoms with Crippen molar-refractivity contribution in [1.82, 2.24) is 15.1 Å². The second kappa shape index (κ2) is 8.34. The normalized spacial score (nSPS) is 25.2. The molecule has 5 nitrogen and oxygen atoms in total. The van der Waals surface area contributed by atoms with E-state index >= 15 is 0 Å². The first-order valence-electron chi connectivity index (χ1n) is 9.36. The van der Waals surface area contributed by atoms with Crippen molar-refractivity contribution in [2.75, 3.05) is 32.7 Å². The Morgan fingerprint density at radius 2 is 2.04 bits per heavy atom. The number of hydrogen-bond donors (Lipinski definition) is 1. The van der Waals surface area contributed by atoms with Crippen molar-refractivity contribution in [2.45, 2.75) is 77.5 Å². The van der Waals surface area contributed by atoms with Crippen LogP contribution >= 0.6 is 0 Å². The maximum absolute atomic E-state index is 12.1. The Labute approximate surface area is 141 Å². The number of fused-ring (bicyclic) bond motifs is 1. The molecule has 2 fully saturated rings. The van der Waals surface area contributed by atoms with Gasteiger partial charge in [-0.2, -0.15) is 0 Å². The molecule has 2 aliphatic heterocycles. The molecule has 0 aromatic heterocycles. The van der Waals surface area contributed by atoms with Crippen LogP contribution in [0.5, 0.6) is 0 Å². The van der Waals surface area contributed by atoms with E-state index in [0.717, 1.165) is 25.6 Å². The van der Waals surface area contributed by atoms with Gasteiger partial charge in [0.25, 0.3) is 0 Å². The summed E-state index contributed by atoms with van der Waals surface area (Å²) in [7, 11) is 0. The summed E-state index contributed by atoms with van der Waals surface area (Å²) >= 11 is 0. The molecule has 5 heteroatoms. The topological polar surface area (TPSA) is 44.8 Å². The van der Waals surface area contributed by atoms with Gasteiger partial charge in [0.2, 0.25) is 0 Å². The molecule has 0 aromatic carbocycles. The zero-order valence-electron chi connectivity index (χ0n) is 15.4. The Bertz CT molecular complexity index is 381. The summed E-state index contributed by atoms with van der Waals surface area (Å²) in [6, 6.07) is 1.39. The van der Waals surface area contributed by atoms with Gasteiger partial charge in [-0.1, -0.05) is 6.42 Å². The molecule has 2 rings (SSSR count). The number of amides is 1. The summed E-state index contributed by atoms with van der Waals surface area (Å²) in [6.45, 7) is 12.7. The van der Waals surface area contributed by atoms with Gasteiger partial charge in [0, 0.05) is 31.7 Å². The van der Waals surface area contributed by atoms with Crippen LogP contribution in [0.2, 0.25) is 0 Å². The fourth-order valence-electron chi connectivity index (χ4n) is 3.75. The molecule has 134 valence electrons. The van der Waals surface area contributed by atoms with Crippen LogP contribution < -0.4 is 5.32 Å². The molecule has 0 aliphatic carbocycles. The van der Waals surface area contributed by atoms with Crippen LogP contribution in [0.25, 0.3) is 0 Å². The van der Waals surface area contributed by atoms with Crippen LogP contribution in [-0.2, 0) is 4.74 Å². The van der Waals surface area contributed by atoms with E-state index in [-0.39, 0.29) is 6.09 Å². The molecule has 0 aromatic rings. The van der Waals surface area contributed by atoms with Crippen molar-refractivity contribution >= 4 is 6.09 Å². The van der Waals surface area contributed by atoms with E-state index < -0.39 is 5.60 Å². The highest BCUT2D eigenvalue weighted by Crippen LogP contribution is 2.27. The van der Waals surface area contributed by atoms with Crippen LogP contribution in [0.15, 0.2) is 0 Å². The van der Waals surface area contributed by atoms with Crippen molar-refractivity contribution in [2.24, 2.45) is 0 Å². The van der Waals surface area contributed by atoms with Gasteiger partial charge < -0.3 is 15.0 Å². The number of carbonyl (C=O) groups is 1. The maximum Gasteiger partial charge on any atom is 0.410 e. The smallest absolute Gasteiger partial charge is 0.410 e. The standard InChI is InChI=1S/C18H35N3O2/c1-5-20(17(22)23-18(2,3)4)13-8-11-19-15-10-14-21-12-7-6-9-16(15)21/h15-16,19H,5-14H2,1-4H3. The number of nitrogens with one attached hydrogen (secondary N) is 1. The van der Waals surface area contributed by atoms with Gasteiger partial charge in [-0.15, -0.1) is 0 Å². The van der Waals surface area contributed by atoms with Gasteiger partial charge in [0.15, 0.2) is 0 Å². The van der Waals surface area contributed by atoms with Crippen LogP contribution in [0.1, 0.15) is 59.8 Å². The Morgan fingerprint density at radius 3 is 2.74 bits per heavy atom. The third-order valence-corrected chi connectivity index (χ3v) is 4.90. The Balaban J connectivity index is 1.66. The first-order chi connectivity index (χ1) is 10.9. The highest BCUT2D eigenvalue weighted by molar-refractivity contribution is 5.68. The zero-order valence-corrected chi connectivity index (χ0v) is 15.4. The molecule has 0 spiro atoms. The first kappa shape index (κ1) is 18.5. The molecule has 1 amide bonds. The van der Waals surface area contributed by atoms with Gasteiger partial charge in [-0.25, -0.2) is 4.79 Å². The number of hydrogen-bond acceptors (Lipinski definition) is 4. The van der Waals surface area contributed by atoms with Gasteiger partial charge in [-0.05, 0) is 66.5 Å². The van der Waals surface area contributed by atoms with Crippen LogP contribution in [0, 0.1) is 0 Å². The summed E-state index contributed by atoms with van der Waals surface area (Å²) in [4.78, 5) is 16.6. The number of ether oxygens (including phenoxy) is 1. The van der Waals surface area contributed by atoms with Crippen LogP contribution in [-0.4, -0.2) is 66.3 Å². The molecule has 0 radical (unpaired) electrons. The number of piperidine rings is 1. The average Bonchev–Trinajstić information content (AvgIpc) is 2.89. The molecule has 1 N–H and O–H groups in total. The number of rotatable bonds is 6. The monoisotopic (exact) mass is 325 g/mol. The van der Waals surface area contributed by atoms with E-state index in [1.54, 1.807) is 4.90 Å². The van der Waals surface area contributed by atoms with E-state index in [1.807, 2.05) is 27.7 Å². The molecule has 2 aliphatic rings. The van der Waals surface area contributed by atoms with E-state index in [1.165, 1.54) is 38.8 Å². The minimum Gasteiger partial charge on any atom is -0.444 e. The summed E-state index contributed by atoms with van der Waals surface area (Å²) in [5.41, 5.74) is -0.420. The Morgan fingerprint density at radius 1 is 1.26 bits per heavy atom. The molecule has 0 bridgehead atoms. The minimum absolute atomic E-state index is 0.195. The second-order valence-corrected chi connectivity index (χ2v) is 7.86. The lowest BCUT2D eigenvalue weighted by Gasteiger charge is -2.32. The highest BCUT2D eigenvalue weighted by Gasteiger charge is 2.34. The molecule has 23 heavy (non-hydrogen) atoms. The lowest BCUT2D eigenvalue weighted by atomic mass is 9.99. The Hall–Kier alpha value is -0.810. The van der Waals surface area contributed by atoms with Crippen LogP contribution in [0.4, 0.5) is 4.79 Å². The SMILES string of the molecule is CCN(CCCNC1CCN2CCCCC12)C(=O)OC(C)(C)C. The molecule has 2 unspecified atom stereocenters. The van der Waals surface area contributed by atoms with Gasteiger partial charge in [-0.3, -0.25) is 4.90 Å².